The van der Waals surface area contributed by atoms with Crippen molar-refractivity contribution in [2.45, 2.75) is 20.3 Å². The molecule has 0 aromatic carbocycles. The third-order valence-electron chi connectivity index (χ3n) is 3.64. The molecule has 1 aliphatic rings. The summed E-state index contributed by atoms with van der Waals surface area (Å²) in [6.45, 7) is 6.03. The van der Waals surface area contributed by atoms with Gasteiger partial charge in [0.2, 0.25) is 0 Å². The van der Waals surface area contributed by atoms with E-state index in [1.54, 1.807) is 12.1 Å². The van der Waals surface area contributed by atoms with Crippen LogP contribution in [0.4, 0.5) is 5.82 Å². The van der Waals surface area contributed by atoms with Crippen LogP contribution in [0, 0.1) is 11.8 Å². The van der Waals surface area contributed by atoms with Crippen molar-refractivity contribution in [3.8, 4) is 0 Å². The van der Waals surface area contributed by atoms with E-state index in [-0.39, 0.29) is 5.91 Å². The largest absolute Gasteiger partial charge is 0.363 e. The number of rotatable bonds is 2. The summed E-state index contributed by atoms with van der Waals surface area (Å²) >= 11 is 6.03. The molecule has 0 radical (unpaired) electrons. The van der Waals surface area contributed by atoms with Gasteiger partial charge in [0.05, 0.1) is 0 Å². The molecule has 2 rings (SSSR count). The lowest BCUT2D eigenvalue weighted by Crippen LogP contribution is -2.42. The molecule has 110 valence electrons. The molecular weight excluding hydrogens is 274 g/mol. The van der Waals surface area contributed by atoms with E-state index in [9.17, 15) is 4.79 Å². The summed E-state index contributed by atoms with van der Waals surface area (Å²) in [4.78, 5) is 20.6. The number of hydrogen-bond donors (Lipinski definition) is 0. The van der Waals surface area contributed by atoms with Crippen LogP contribution in [-0.2, 0) is 0 Å². The molecule has 1 aromatic rings. The molecule has 2 heterocycles. The van der Waals surface area contributed by atoms with E-state index < -0.39 is 0 Å². The molecule has 2 unspecified atom stereocenters. The number of likely N-dealkylation sites (tertiary alicyclic amines) is 1. The summed E-state index contributed by atoms with van der Waals surface area (Å²) in [5.74, 6) is 1.86. The lowest BCUT2D eigenvalue weighted by Gasteiger charge is -2.35. The number of amides is 1. The van der Waals surface area contributed by atoms with Gasteiger partial charge in [0.1, 0.15) is 11.0 Å². The molecule has 20 heavy (non-hydrogen) atoms. The number of hydrogen-bond acceptors (Lipinski definition) is 3. The van der Waals surface area contributed by atoms with Crippen LogP contribution < -0.4 is 4.90 Å². The first kappa shape index (κ1) is 15.1. The molecule has 2 atom stereocenters. The summed E-state index contributed by atoms with van der Waals surface area (Å²) in [5.41, 5.74) is 0.620. The maximum atomic E-state index is 12.6. The fourth-order valence-electron chi connectivity index (χ4n) is 2.85. The highest BCUT2D eigenvalue weighted by Crippen LogP contribution is 2.24. The van der Waals surface area contributed by atoms with Gasteiger partial charge < -0.3 is 9.80 Å². The Kier molecular flexibility index (Phi) is 4.53. The summed E-state index contributed by atoms with van der Waals surface area (Å²) < 4.78 is 0. The van der Waals surface area contributed by atoms with Gasteiger partial charge in [-0.2, -0.15) is 0 Å². The van der Waals surface area contributed by atoms with Crippen molar-refractivity contribution in [2.24, 2.45) is 11.8 Å². The zero-order chi connectivity index (χ0) is 14.9. The second-order valence-corrected chi connectivity index (χ2v) is 6.47. The topological polar surface area (TPSA) is 36.4 Å². The number of anilines is 1. The van der Waals surface area contributed by atoms with Crippen molar-refractivity contribution >= 4 is 23.3 Å². The van der Waals surface area contributed by atoms with Gasteiger partial charge >= 0.3 is 0 Å². The molecule has 1 aliphatic heterocycles. The molecule has 1 aromatic heterocycles. The first-order valence-electron chi connectivity index (χ1n) is 7.01. The normalized spacial score (nSPS) is 22.8. The summed E-state index contributed by atoms with van der Waals surface area (Å²) in [5, 5.41) is 0.359. The van der Waals surface area contributed by atoms with Crippen LogP contribution in [0.5, 0.6) is 0 Å². The number of aromatic nitrogens is 1. The number of pyridine rings is 1. The molecule has 0 bridgehead atoms. The fraction of sp³-hybridized carbons (Fsp3) is 0.600. The Labute approximate surface area is 125 Å². The SMILES string of the molecule is CC1CC(C)CN(C(=O)c2cc(Cl)nc(N(C)C)c2)C1. The average molecular weight is 296 g/mol. The molecule has 4 nitrogen and oxygen atoms in total. The molecule has 0 aliphatic carbocycles. The average Bonchev–Trinajstić information content (AvgIpc) is 2.35. The minimum atomic E-state index is 0.0517. The maximum Gasteiger partial charge on any atom is 0.254 e. The highest BCUT2D eigenvalue weighted by atomic mass is 35.5. The van der Waals surface area contributed by atoms with E-state index in [0.717, 1.165) is 13.1 Å². The monoisotopic (exact) mass is 295 g/mol. The van der Waals surface area contributed by atoms with E-state index in [2.05, 4.69) is 18.8 Å². The highest BCUT2D eigenvalue weighted by Gasteiger charge is 2.26. The van der Waals surface area contributed by atoms with Crippen molar-refractivity contribution in [3.63, 3.8) is 0 Å². The lowest BCUT2D eigenvalue weighted by atomic mass is 9.91. The van der Waals surface area contributed by atoms with Crippen molar-refractivity contribution in [3.05, 3.63) is 22.8 Å². The van der Waals surface area contributed by atoms with Gasteiger partial charge in [0.25, 0.3) is 5.91 Å². The van der Waals surface area contributed by atoms with Crippen LogP contribution in [0.3, 0.4) is 0 Å². The summed E-state index contributed by atoms with van der Waals surface area (Å²) in [6, 6.07) is 3.46. The van der Waals surface area contributed by atoms with E-state index in [0.29, 0.717) is 28.4 Å². The van der Waals surface area contributed by atoms with E-state index in [1.807, 2.05) is 23.9 Å². The quantitative estimate of drug-likeness (QED) is 0.787. The first-order chi connectivity index (χ1) is 9.36. The molecule has 0 N–H and O–H groups in total. The molecule has 0 saturated carbocycles. The van der Waals surface area contributed by atoms with Crippen LogP contribution in [-0.4, -0.2) is 43.0 Å². The van der Waals surface area contributed by atoms with Crippen LogP contribution in [0.25, 0.3) is 0 Å². The van der Waals surface area contributed by atoms with Gasteiger partial charge in [-0.3, -0.25) is 4.79 Å². The smallest absolute Gasteiger partial charge is 0.254 e. The third kappa shape index (κ3) is 3.42. The Morgan fingerprint density at radius 3 is 2.45 bits per heavy atom. The van der Waals surface area contributed by atoms with Crippen LogP contribution >= 0.6 is 11.6 Å². The standard InChI is InChI=1S/C15H22ClN3O/c1-10-5-11(2)9-19(8-10)15(20)12-6-13(16)17-14(7-12)18(3)4/h6-7,10-11H,5,8-9H2,1-4H3. The number of carbonyl (C=O) groups excluding carboxylic acids is 1. The Balaban J connectivity index is 2.24. The van der Waals surface area contributed by atoms with Gasteiger partial charge in [0, 0.05) is 32.7 Å². The second-order valence-electron chi connectivity index (χ2n) is 6.09. The summed E-state index contributed by atoms with van der Waals surface area (Å²) in [6.07, 6.45) is 1.18. The second kappa shape index (κ2) is 6.00. The van der Waals surface area contributed by atoms with Crippen LogP contribution in [0.1, 0.15) is 30.6 Å². The summed E-state index contributed by atoms with van der Waals surface area (Å²) in [7, 11) is 3.77. The Morgan fingerprint density at radius 1 is 1.30 bits per heavy atom. The highest BCUT2D eigenvalue weighted by molar-refractivity contribution is 6.29. The third-order valence-corrected chi connectivity index (χ3v) is 3.84. The molecule has 1 fully saturated rings. The zero-order valence-electron chi connectivity index (χ0n) is 12.6. The molecule has 1 amide bonds. The predicted octanol–water partition coefficient (Wildman–Crippen LogP) is 2.92. The predicted molar refractivity (Wildman–Crippen MR) is 82.4 cm³/mol. The fourth-order valence-corrected chi connectivity index (χ4v) is 3.05. The number of carbonyl (C=O) groups is 1. The van der Waals surface area contributed by atoms with E-state index in [4.69, 9.17) is 11.6 Å². The Morgan fingerprint density at radius 2 is 1.90 bits per heavy atom. The molecule has 5 heteroatoms. The number of piperidine rings is 1. The van der Waals surface area contributed by atoms with Crippen molar-refractivity contribution in [1.29, 1.82) is 0 Å². The first-order valence-corrected chi connectivity index (χ1v) is 7.38. The lowest BCUT2D eigenvalue weighted by molar-refractivity contribution is 0.0623. The number of halogens is 1. The minimum absolute atomic E-state index is 0.0517. The minimum Gasteiger partial charge on any atom is -0.363 e. The number of nitrogens with zero attached hydrogens (tertiary/aromatic N) is 3. The van der Waals surface area contributed by atoms with Gasteiger partial charge in [-0.25, -0.2) is 4.98 Å². The van der Waals surface area contributed by atoms with Crippen molar-refractivity contribution in [1.82, 2.24) is 9.88 Å². The Hall–Kier alpha value is -1.29. The molecular formula is C15H22ClN3O. The maximum absolute atomic E-state index is 12.6. The van der Waals surface area contributed by atoms with E-state index >= 15 is 0 Å². The van der Waals surface area contributed by atoms with Crippen molar-refractivity contribution < 1.29 is 4.79 Å². The van der Waals surface area contributed by atoms with Crippen molar-refractivity contribution in [2.75, 3.05) is 32.1 Å². The van der Waals surface area contributed by atoms with Crippen LogP contribution in [0.15, 0.2) is 12.1 Å². The Bertz CT molecular complexity index is 494. The molecule has 0 spiro atoms. The van der Waals surface area contributed by atoms with Gasteiger partial charge in [-0.15, -0.1) is 0 Å². The zero-order valence-corrected chi connectivity index (χ0v) is 13.3. The van der Waals surface area contributed by atoms with Gasteiger partial charge in [-0.05, 0) is 30.4 Å². The van der Waals surface area contributed by atoms with E-state index in [1.165, 1.54) is 6.42 Å². The molecule has 1 saturated heterocycles. The van der Waals surface area contributed by atoms with Gasteiger partial charge in [0.15, 0.2) is 0 Å². The van der Waals surface area contributed by atoms with Crippen LogP contribution in [0.2, 0.25) is 5.15 Å². The van der Waals surface area contributed by atoms with Gasteiger partial charge in [-0.1, -0.05) is 25.4 Å².